The van der Waals surface area contributed by atoms with Gasteiger partial charge in [0.15, 0.2) is 18.1 Å². The van der Waals surface area contributed by atoms with E-state index >= 15 is 0 Å². The fourth-order valence-electron chi connectivity index (χ4n) is 1.07. The molecule has 0 fully saturated rings. The quantitative estimate of drug-likeness (QED) is 0.804. The highest BCUT2D eigenvalue weighted by Crippen LogP contribution is 2.31. The molecule has 0 aromatic heterocycles. The average molecular weight is 236 g/mol. The molecule has 0 aliphatic rings. The van der Waals surface area contributed by atoms with E-state index in [9.17, 15) is 13.2 Å². The number of hydrogen-bond donors (Lipinski definition) is 0. The number of halogens is 3. The van der Waals surface area contributed by atoms with Gasteiger partial charge in [-0.25, -0.2) is 0 Å². The van der Waals surface area contributed by atoms with Gasteiger partial charge in [-0.3, -0.25) is 0 Å². The first kappa shape index (κ1) is 12.5. The van der Waals surface area contributed by atoms with Crippen LogP contribution in [0.4, 0.5) is 13.2 Å². The summed E-state index contributed by atoms with van der Waals surface area (Å²) in [5.74, 6) is 0.832. The summed E-state index contributed by atoms with van der Waals surface area (Å²) in [4.78, 5) is 0. The second-order valence-corrected chi connectivity index (χ2v) is 2.92. The Morgan fingerprint density at radius 1 is 1.06 bits per heavy atom. The number of methoxy groups -OCH3 is 2. The van der Waals surface area contributed by atoms with E-state index in [-0.39, 0.29) is 5.75 Å². The van der Waals surface area contributed by atoms with Gasteiger partial charge in [0.2, 0.25) is 0 Å². The molecule has 0 atom stereocenters. The Hall–Kier alpha value is -1.59. The normalized spacial score (nSPS) is 11.1. The summed E-state index contributed by atoms with van der Waals surface area (Å²) < 4.78 is 50.1. The fraction of sp³-hybridized carbons (Fsp3) is 0.400. The zero-order valence-corrected chi connectivity index (χ0v) is 8.80. The molecule has 0 aliphatic carbocycles. The summed E-state index contributed by atoms with van der Waals surface area (Å²) in [7, 11) is 2.83. The van der Waals surface area contributed by atoms with E-state index in [1.807, 2.05) is 0 Å². The summed E-state index contributed by atoms with van der Waals surface area (Å²) >= 11 is 0. The van der Waals surface area contributed by atoms with E-state index in [0.29, 0.717) is 11.5 Å². The first-order chi connectivity index (χ1) is 7.46. The third-order valence-corrected chi connectivity index (χ3v) is 1.76. The third-order valence-electron chi connectivity index (χ3n) is 1.76. The predicted octanol–water partition coefficient (Wildman–Crippen LogP) is 2.64. The number of benzene rings is 1. The Kier molecular flexibility index (Phi) is 3.87. The summed E-state index contributed by atoms with van der Waals surface area (Å²) in [6.45, 7) is -1.33. The molecule has 16 heavy (non-hydrogen) atoms. The van der Waals surface area contributed by atoms with E-state index < -0.39 is 12.8 Å². The molecule has 0 unspecified atom stereocenters. The van der Waals surface area contributed by atoms with Gasteiger partial charge in [0.05, 0.1) is 14.2 Å². The second-order valence-electron chi connectivity index (χ2n) is 2.92. The maximum absolute atomic E-state index is 11.9. The van der Waals surface area contributed by atoms with Gasteiger partial charge in [-0.2, -0.15) is 13.2 Å². The minimum absolute atomic E-state index is 0.0787. The number of ether oxygens (including phenoxy) is 3. The minimum atomic E-state index is -4.35. The molecule has 0 radical (unpaired) electrons. The second kappa shape index (κ2) is 4.96. The van der Waals surface area contributed by atoms with Crippen LogP contribution in [-0.4, -0.2) is 27.0 Å². The van der Waals surface area contributed by atoms with Crippen molar-refractivity contribution in [3.8, 4) is 17.2 Å². The van der Waals surface area contributed by atoms with Gasteiger partial charge in [-0.1, -0.05) is 0 Å². The lowest BCUT2D eigenvalue weighted by atomic mass is 10.3. The van der Waals surface area contributed by atoms with Crippen molar-refractivity contribution in [2.45, 2.75) is 6.18 Å². The van der Waals surface area contributed by atoms with E-state index in [1.54, 1.807) is 0 Å². The van der Waals surface area contributed by atoms with Gasteiger partial charge in [-0.05, 0) is 12.1 Å². The molecular weight excluding hydrogens is 225 g/mol. The van der Waals surface area contributed by atoms with E-state index in [2.05, 4.69) is 4.74 Å². The molecule has 0 spiro atoms. The lowest BCUT2D eigenvalue weighted by molar-refractivity contribution is -0.153. The summed E-state index contributed by atoms with van der Waals surface area (Å²) in [6.07, 6.45) is -4.35. The van der Waals surface area contributed by atoms with Gasteiger partial charge >= 0.3 is 6.18 Å². The Bertz CT molecular complexity index is 350. The molecular formula is C10H11F3O3. The van der Waals surface area contributed by atoms with Crippen molar-refractivity contribution < 1.29 is 27.4 Å². The standard InChI is InChI=1S/C10H11F3O3/c1-14-8-4-3-7(5-9(8)15-2)16-6-10(11,12)13/h3-5H,6H2,1-2H3. The first-order valence-electron chi connectivity index (χ1n) is 4.38. The topological polar surface area (TPSA) is 27.7 Å². The number of rotatable bonds is 4. The lowest BCUT2D eigenvalue weighted by Crippen LogP contribution is -2.19. The lowest BCUT2D eigenvalue weighted by Gasteiger charge is -2.12. The molecule has 1 aromatic rings. The molecule has 6 heteroatoms. The molecule has 0 saturated carbocycles. The highest BCUT2D eigenvalue weighted by atomic mass is 19.4. The van der Waals surface area contributed by atoms with Gasteiger partial charge < -0.3 is 14.2 Å². The smallest absolute Gasteiger partial charge is 0.422 e. The summed E-state index contributed by atoms with van der Waals surface area (Å²) in [6, 6.07) is 4.20. The zero-order chi connectivity index (χ0) is 12.2. The van der Waals surface area contributed by atoms with Gasteiger partial charge in [0.25, 0.3) is 0 Å². The average Bonchev–Trinajstić information content (AvgIpc) is 2.25. The molecule has 0 heterocycles. The van der Waals surface area contributed by atoms with Crippen molar-refractivity contribution >= 4 is 0 Å². The minimum Gasteiger partial charge on any atom is -0.493 e. The zero-order valence-electron chi connectivity index (χ0n) is 8.80. The van der Waals surface area contributed by atoms with Crippen molar-refractivity contribution in [1.29, 1.82) is 0 Å². The summed E-state index contributed by atoms with van der Waals surface area (Å²) in [5, 5.41) is 0. The Morgan fingerprint density at radius 2 is 1.69 bits per heavy atom. The van der Waals surface area contributed by atoms with Crippen molar-refractivity contribution in [2.24, 2.45) is 0 Å². The van der Waals surface area contributed by atoms with Crippen LogP contribution in [0.15, 0.2) is 18.2 Å². The van der Waals surface area contributed by atoms with E-state index in [4.69, 9.17) is 9.47 Å². The fourth-order valence-corrected chi connectivity index (χ4v) is 1.07. The van der Waals surface area contributed by atoms with Crippen molar-refractivity contribution in [2.75, 3.05) is 20.8 Å². The van der Waals surface area contributed by atoms with Crippen molar-refractivity contribution in [3.05, 3.63) is 18.2 Å². The number of alkyl halides is 3. The van der Waals surface area contributed by atoms with Gasteiger partial charge in [-0.15, -0.1) is 0 Å². The van der Waals surface area contributed by atoms with Crippen LogP contribution in [0.5, 0.6) is 17.2 Å². The van der Waals surface area contributed by atoms with Crippen LogP contribution < -0.4 is 14.2 Å². The van der Waals surface area contributed by atoms with Gasteiger partial charge in [0.1, 0.15) is 5.75 Å². The largest absolute Gasteiger partial charge is 0.493 e. The molecule has 0 amide bonds. The van der Waals surface area contributed by atoms with E-state index in [0.717, 1.165) is 0 Å². The molecule has 90 valence electrons. The number of hydrogen-bond acceptors (Lipinski definition) is 3. The molecule has 3 nitrogen and oxygen atoms in total. The molecule has 1 aromatic carbocycles. The predicted molar refractivity (Wildman–Crippen MR) is 51.1 cm³/mol. The molecule has 0 N–H and O–H groups in total. The SMILES string of the molecule is COc1ccc(OCC(F)(F)F)cc1OC. The van der Waals surface area contributed by atoms with Crippen LogP contribution in [0, 0.1) is 0 Å². The summed E-state index contributed by atoms with van der Waals surface area (Å²) in [5.41, 5.74) is 0. The molecule has 0 bridgehead atoms. The monoisotopic (exact) mass is 236 g/mol. The maximum atomic E-state index is 11.9. The van der Waals surface area contributed by atoms with Crippen LogP contribution in [0.25, 0.3) is 0 Å². The molecule has 1 rings (SSSR count). The maximum Gasteiger partial charge on any atom is 0.422 e. The Balaban J connectivity index is 2.75. The van der Waals surface area contributed by atoms with Crippen LogP contribution >= 0.6 is 0 Å². The van der Waals surface area contributed by atoms with Crippen LogP contribution in [0.3, 0.4) is 0 Å². The highest BCUT2D eigenvalue weighted by Gasteiger charge is 2.28. The van der Waals surface area contributed by atoms with Crippen LogP contribution in [0.1, 0.15) is 0 Å². The van der Waals surface area contributed by atoms with Crippen molar-refractivity contribution in [1.82, 2.24) is 0 Å². The highest BCUT2D eigenvalue weighted by molar-refractivity contribution is 5.45. The molecule has 0 saturated heterocycles. The Labute approximate surface area is 90.7 Å². The first-order valence-corrected chi connectivity index (χ1v) is 4.38. The van der Waals surface area contributed by atoms with Crippen molar-refractivity contribution in [3.63, 3.8) is 0 Å². The Morgan fingerprint density at radius 3 is 2.19 bits per heavy atom. The van der Waals surface area contributed by atoms with Crippen LogP contribution in [0.2, 0.25) is 0 Å². The third kappa shape index (κ3) is 3.52. The molecule has 0 aliphatic heterocycles. The van der Waals surface area contributed by atoms with E-state index in [1.165, 1.54) is 32.4 Å². The van der Waals surface area contributed by atoms with Gasteiger partial charge in [0, 0.05) is 6.07 Å². The van der Waals surface area contributed by atoms with Crippen LogP contribution in [-0.2, 0) is 0 Å².